The molecule has 0 saturated carbocycles. The summed E-state index contributed by atoms with van der Waals surface area (Å²) in [5.41, 5.74) is 5.87. The number of aliphatic hydroxyl groups is 1. The Labute approximate surface area is 109 Å². The second-order valence-electron chi connectivity index (χ2n) is 3.82. The van der Waals surface area contributed by atoms with Crippen LogP contribution < -0.4 is 10.5 Å². The van der Waals surface area contributed by atoms with Gasteiger partial charge in [0.2, 0.25) is 5.75 Å². The van der Waals surface area contributed by atoms with E-state index >= 15 is 0 Å². The molecule has 2 aromatic rings. The minimum Gasteiger partial charge on any atom is -0.450 e. The number of nitro groups is 1. The molecule has 0 aliphatic carbocycles. The van der Waals surface area contributed by atoms with Gasteiger partial charge in [0.1, 0.15) is 11.4 Å². The van der Waals surface area contributed by atoms with Gasteiger partial charge in [-0.1, -0.05) is 24.3 Å². The zero-order chi connectivity index (χ0) is 13.8. The molecular formula is C13H12N2O4. The van der Waals surface area contributed by atoms with Gasteiger partial charge in [0.15, 0.2) is 0 Å². The number of hydrogen-bond donors (Lipinski definition) is 2. The molecule has 98 valence electrons. The quantitative estimate of drug-likeness (QED) is 0.499. The van der Waals surface area contributed by atoms with Crippen LogP contribution in [0.1, 0.15) is 5.56 Å². The van der Waals surface area contributed by atoms with E-state index in [1.165, 1.54) is 12.1 Å². The number of nitrogens with zero attached hydrogens (tertiary/aromatic N) is 1. The van der Waals surface area contributed by atoms with Gasteiger partial charge in [-0.3, -0.25) is 10.1 Å². The number of anilines is 1. The highest BCUT2D eigenvalue weighted by Gasteiger charge is 2.20. The average Bonchev–Trinajstić information content (AvgIpc) is 2.39. The van der Waals surface area contributed by atoms with E-state index in [0.717, 1.165) is 0 Å². The van der Waals surface area contributed by atoms with Crippen LogP contribution in [-0.4, -0.2) is 10.0 Å². The first kappa shape index (κ1) is 12.8. The van der Waals surface area contributed by atoms with Crippen molar-refractivity contribution in [1.29, 1.82) is 0 Å². The first-order valence-corrected chi connectivity index (χ1v) is 5.53. The van der Waals surface area contributed by atoms with Crippen LogP contribution in [0.5, 0.6) is 11.5 Å². The van der Waals surface area contributed by atoms with E-state index in [4.69, 9.17) is 10.5 Å². The fraction of sp³-hybridized carbons (Fsp3) is 0.0769. The van der Waals surface area contributed by atoms with Gasteiger partial charge in [-0.2, -0.15) is 0 Å². The van der Waals surface area contributed by atoms with Crippen LogP contribution in [-0.2, 0) is 6.61 Å². The average molecular weight is 260 g/mol. The molecule has 3 N–H and O–H groups in total. The van der Waals surface area contributed by atoms with Crippen molar-refractivity contribution in [2.24, 2.45) is 0 Å². The zero-order valence-electron chi connectivity index (χ0n) is 9.95. The summed E-state index contributed by atoms with van der Waals surface area (Å²) >= 11 is 0. The topological polar surface area (TPSA) is 98.6 Å². The minimum absolute atomic E-state index is 0.0315. The highest BCUT2D eigenvalue weighted by molar-refractivity contribution is 5.66. The third kappa shape index (κ3) is 2.63. The fourth-order valence-corrected chi connectivity index (χ4v) is 1.67. The van der Waals surface area contributed by atoms with Crippen molar-refractivity contribution in [2.45, 2.75) is 6.61 Å². The van der Waals surface area contributed by atoms with Crippen molar-refractivity contribution in [3.63, 3.8) is 0 Å². The first-order chi connectivity index (χ1) is 9.13. The zero-order valence-corrected chi connectivity index (χ0v) is 9.95. The van der Waals surface area contributed by atoms with Crippen LogP contribution in [0, 0.1) is 10.1 Å². The van der Waals surface area contributed by atoms with Crippen LogP contribution in [0.15, 0.2) is 42.5 Å². The molecule has 0 unspecified atom stereocenters. The van der Waals surface area contributed by atoms with E-state index in [2.05, 4.69) is 0 Å². The van der Waals surface area contributed by atoms with Crippen molar-refractivity contribution >= 4 is 11.4 Å². The number of ether oxygens (including phenoxy) is 1. The Balaban J connectivity index is 2.44. The molecule has 0 amide bonds. The Hall–Kier alpha value is -2.60. The third-order valence-electron chi connectivity index (χ3n) is 2.58. The molecule has 0 atom stereocenters. The molecule has 0 bridgehead atoms. The van der Waals surface area contributed by atoms with E-state index in [9.17, 15) is 15.2 Å². The monoisotopic (exact) mass is 260 g/mol. The Bertz CT molecular complexity index is 613. The molecule has 0 saturated heterocycles. The molecule has 0 aliphatic heterocycles. The van der Waals surface area contributed by atoms with Gasteiger partial charge >= 0.3 is 5.69 Å². The van der Waals surface area contributed by atoms with Crippen molar-refractivity contribution in [2.75, 3.05) is 5.73 Å². The molecule has 19 heavy (non-hydrogen) atoms. The largest absolute Gasteiger partial charge is 0.450 e. The van der Waals surface area contributed by atoms with Gasteiger partial charge < -0.3 is 15.6 Å². The van der Waals surface area contributed by atoms with Gasteiger partial charge in [0.05, 0.1) is 11.5 Å². The Morgan fingerprint density at radius 2 is 1.84 bits per heavy atom. The maximum absolute atomic E-state index is 11.0. The molecule has 0 aliphatic rings. The molecule has 6 nitrogen and oxygen atoms in total. The lowest BCUT2D eigenvalue weighted by Gasteiger charge is -2.10. The number of hydrogen-bond acceptors (Lipinski definition) is 5. The first-order valence-electron chi connectivity index (χ1n) is 5.53. The molecule has 0 fully saturated rings. The van der Waals surface area contributed by atoms with Crippen LogP contribution in [0.3, 0.4) is 0 Å². The Kier molecular flexibility index (Phi) is 3.63. The third-order valence-corrected chi connectivity index (χ3v) is 2.58. The Morgan fingerprint density at radius 1 is 1.16 bits per heavy atom. The molecule has 0 spiro atoms. The van der Waals surface area contributed by atoms with Crippen molar-refractivity contribution < 1.29 is 14.8 Å². The maximum atomic E-state index is 11.0. The van der Waals surface area contributed by atoms with Crippen LogP contribution in [0.25, 0.3) is 0 Å². The standard InChI is InChI=1S/C13H12N2O4/c14-10-5-3-7-12(13(10)15(17)18)19-11-6-2-1-4-9(11)8-16/h1-7,16H,8,14H2. The number of nitrogen functional groups attached to an aromatic ring is 1. The van der Waals surface area contributed by atoms with Gasteiger partial charge in [-0.25, -0.2) is 0 Å². The predicted molar refractivity (Wildman–Crippen MR) is 69.9 cm³/mol. The number of aliphatic hydroxyl groups excluding tert-OH is 1. The fourth-order valence-electron chi connectivity index (χ4n) is 1.67. The second kappa shape index (κ2) is 5.36. The number of rotatable bonds is 4. The van der Waals surface area contributed by atoms with Gasteiger partial charge in [-0.05, 0) is 18.2 Å². The van der Waals surface area contributed by atoms with Crippen molar-refractivity contribution in [1.82, 2.24) is 0 Å². The van der Waals surface area contributed by atoms with E-state index in [1.807, 2.05) is 0 Å². The summed E-state index contributed by atoms with van der Waals surface area (Å²) in [5.74, 6) is 0.407. The van der Waals surface area contributed by atoms with E-state index in [0.29, 0.717) is 11.3 Å². The minimum atomic E-state index is -0.591. The number of para-hydroxylation sites is 2. The van der Waals surface area contributed by atoms with Crippen molar-refractivity contribution in [3.05, 3.63) is 58.1 Å². The normalized spacial score (nSPS) is 10.2. The second-order valence-corrected chi connectivity index (χ2v) is 3.82. The van der Waals surface area contributed by atoms with Gasteiger partial charge in [0.25, 0.3) is 0 Å². The molecule has 0 aromatic heterocycles. The molecule has 2 aromatic carbocycles. The van der Waals surface area contributed by atoms with Crippen molar-refractivity contribution in [3.8, 4) is 11.5 Å². The van der Waals surface area contributed by atoms with Crippen LogP contribution in [0.4, 0.5) is 11.4 Å². The van der Waals surface area contributed by atoms with E-state index < -0.39 is 4.92 Å². The smallest absolute Gasteiger partial charge is 0.334 e. The SMILES string of the molecule is Nc1cccc(Oc2ccccc2CO)c1[N+](=O)[O-]. The molecule has 2 rings (SSSR count). The molecule has 0 heterocycles. The van der Waals surface area contributed by atoms with Crippen LogP contribution >= 0.6 is 0 Å². The lowest BCUT2D eigenvalue weighted by atomic mass is 10.2. The van der Waals surface area contributed by atoms with Gasteiger partial charge in [-0.15, -0.1) is 0 Å². The Morgan fingerprint density at radius 3 is 2.53 bits per heavy atom. The highest BCUT2D eigenvalue weighted by Crippen LogP contribution is 2.36. The number of benzene rings is 2. The summed E-state index contributed by atoms with van der Waals surface area (Å²) in [4.78, 5) is 10.4. The molecular weight excluding hydrogens is 248 g/mol. The predicted octanol–water partition coefficient (Wildman–Crippen LogP) is 2.46. The molecule has 0 radical (unpaired) electrons. The lowest BCUT2D eigenvalue weighted by Crippen LogP contribution is -1.99. The summed E-state index contributed by atoms with van der Waals surface area (Å²) in [7, 11) is 0. The number of nitro benzene ring substituents is 1. The summed E-state index contributed by atoms with van der Waals surface area (Å²) in [6.45, 7) is -0.216. The number of nitrogens with two attached hydrogens (primary N) is 1. The summed E-state index contributed by atoms with van der Waals surface area (Å²) in [6, 6.07) is 11.2. The van der Waals surface area contributed by atoms with Crippen LogP contribution in [0.2, 0.25) is 0 Å². The molecule has 6 heteroatoms. The van der Waals surface area contributed by atoms with E-state index in [-0.39, 0.29) is 23.7 Å². The van der Waals surface area contributed by atoms with E-state index in [1.54, 1.807) is 30.3 Å². The van der Waals surface area contributed by atoms with Gasteiger partial charge in [0, 0.05) is 5.56 Å². The lowest BCUT2D eigenvalue weighted by molar-refractivity contribution is -0.384. The maximum Gasteiger partial charge on any atom is 0.334 e. The summed E-state index contributed by atoms with van der Waals surface area (Å²) in [5, 5.41) is 20.2. The summed E-state index contributed by atoms with van der Waals surface area (Å²) < 4.78 is 5.49. The highest BCUT2D eigenvalue weighted by atomic mass is 16.6. The summed E-state index contributed by atoms with van der Waals surface area (Å²) in [6.07, 6.45) is 0.